The molecule has 0 amide bonds. The molecule has 0 aliphatic heterocycles. The number of guanidine groups is 1. The highest BCUT2D eigenvalue weighted by molar-refractivity contribution is 14.0. The van der Waals surface area contributed by atoms with Gasteiger partial charge in [0, 0.05) is 25.7 Å². The first-order chi connectivity index (χ1) is 11.1. The minimum atomic E-state index is 0. The quantitative estimate of drug-likeness (QED) is 0.419. The summed E-state index contributed by atoms with van der Waals surface area (Å²) in [5.41, 5.74) is 3.11. The number of nitrogens with zero attached hydrogens (tertiary/aromatic N) is 2. The molecule has 3 rings (SSSR count). The molecule has 2 N–H and O–H groups in total. The van der Waals surface area contributed by atoms with Crippen LogP contribution in [0.4, 0.5) is 0 Å². The molecule has 0 heterocycles. The average molecular weight is 442 g/mol. The van der Waals surface area contributed by atoms with E-state index < -0.39 is 0 Å². The molecule has 0 aromatic heterocycles. The topological polar surface area (TPSA) is 39.7 Å². The first-order valence-electron chi connectivity index (χ1n) is 8.82. The monoisotopic (exact) mass is 442 g/mol. The number of fused-ring (bicyclic) bond motifs is 1. The summed E-state index contributed by atoms with van der Waals surface area (Å²) in [5, 5.41) is 7.06. The van der Waals surface area contributed by atoms with E-state index in [9.17, 15) is 0 Å². The second-order valence-corrected chi connectivity index (χ2v) is 7.34. The van der Waals surface area contributed by atoms with Gasteiger partial charge in [-0.3, -0.25) is 4.99 Å². The molecule has 2 aliphatic rings. The lowest BCUT2D eigenvalue weighted by atomic mass is 9.85. The Hall–Kier alpha value is -0.820. The fourth-order valence-corrected chi connectivity index (χ4v) is 3.68. The lowest BCUT2D eigenvalue weighted by molar-refractivity contribution is 0.164. The molecule has 0 atom stereocenters. The molecule has 0 unspecified atom stereocenters. The summed E-state index contributed by atoms with van der Waals surface area (Å²) < 4.78 is 0. The van der Waals surface area contributed by atoms with Gasteiger partial charge in [-0.15, -0.1) is 24.0 Å². The van der Waals surface area contributed by atoms with Gasteiger partial charge in [0.15, 0.2) is 5.96 Å². The van der Waals surface area contributed by atoms with E-state index in [1.54, 1.807) is 0 Å². The first-order valence-corrected chi connectivity index (χ1v) is 8.82. The van der Waals surface area contributed by atoms with Gasteiger partial charge in [0.25, 0.3) is 0 Å². The zero-order valence-electron chi connectivity index (χ0n) is 15.1. The lowest BCUT2D eigenvalue weighted by Gasteiger charge is -2.37. The van der Waals surface area contributed by atoms with Gasteiger partial charge in [-0.1, -0.05) is 30.7 Å². The van der Waals surface area contributed by atoms with E-state index in [2.05, 4.69) is 58.9 Å². The maximum Gasteiger partial charge on any atom is 0.191 e. The number of hydrogen-bond acceptors (Lipinski definition) is 2. The minimum Gasteiger partial charge on any atom is -0.356 e. The third kappa shape index (κ3) is 4.23. The SMILES string of the molecule is CN=C(NCC1CCC1)NCC1(N(C)C)Cc2ccccc2C1.I. The van der Waals surface area contributed by atoms with E-state index in [1.807, 2.05) is 7.05 Å². The largest absolute Gasteiger partial charge is 0.356 e. The summed E-state index contributed by atoms with van der Waals surface area (Å²) in [7, 11) is 6.25. The molecular weight excluding hydrogens is 411 g/mol. The molecule has 0 saturated heterocycles. The number of likely N-dealkylation sites (N-methyl/N-ethyl adjacent to an activating group) is 1. The second kappa shape index (κ2) is 8.52. The van der Waals surface area contributed by atoms with Crippen molar-refractivity contribution < 1.29 is 0 Å². The van der Waals surface area contributed by atoms with Crippen LogP contribution < -0.4 is 10.6 Å². The van der Waals surface area contributed by atoms with Gasteiger partial charge in [-0.2, -0.15) is 0 Å². The molecule has 1 saturated carbocycles. The second-order valence-electron chi connectivity index (χ2n) is 7.34. The van der Waals surface area contributed by atoms with Crippen molar-refractivity contribution in [3.8, 4) is 0 Å². The van der Waals surface area contributed by atoms with Crippen LogP contribution in [0.5, 0.6) is 0 Å². The Balaban J connectivity index is 0.00000208. The molecule has 2 aliphatic carbocycles. The molecule has 24 heavy (non-hydrogen) atoms. The van der Waals surface area contributed by atoms with Gasteiger partial charge in [0.1, 0.15) is 0 Å². The maximum atomic E-state index is 4.39. The Morgan fingerprint density at radius 1 is 1.17 bits per heavy atom. The predicted molar refractivity (Wildman–Crippen MR) is 112 cm³/mol. The summed E-state index contributed by atoms with van der Waals surface area (Å²) in [5.74, 6) is 1.78. The molecule has 1 aromatic rings. The molecule has 4 nitrogen and oxygen atoms in total. The van der Waals surface area contributed by atoms with Crippen LogP contribution in [0.25, 0.3) is 0 Å². The standard InChI is InChI=1S/C19H30N4.HI/c1-20-18(21-13-15-7-6-8-15)22-14-19(23(2)3)11-16-9-4-5-10-17(16)12-19;/h4-5,9-10,15H,6-8,11-14H2,1-3H3,(H2,20,21,22);1H. The van der Waals surface area contributed by atoms with Crippen LogP contribution in [0.2, 0.25) is 0 Å². The third-order valence-corrected chi connectivity index (χ3v) is 5.70. The fourth-order valence-electron chi connectivity index (χ4n) is 3.68. The zero-order chi connectivity index (χ0) is 16.3. The minimum absolute atomic E-state index is 0. The Morgan fingerprint density at radius 3 is 2.25 bits per heavy atom. The number of aliphatic imine (C=N–C) groups is 1. The first kappa shape index (κ1) is 19.5. The highest BCUT2D eigenvalue weighted by Crippen LogP contribution is 2.33. The molecule has 0 radical (unpaired) electrons. The van der Waals surface area contributed by atoms with E-state index in [1.165, 1.54) is 30.4 Å². The van der Waals surface area contributed by atoms with Gasteiger partial charge in [-0.05, 0) is 56.8 Å². The summed E-state index contributed by atoms with van der Waals surface area (Å²) in [6.45, 7) is 1.97. The van der Waals surface area contributed by atoms with Crippen LogP contribution in [-0.2, 0) is 12.8 Å². The van der Waals surface area contributed by atoms with E-state index in [0.29, 0.717) is 0 Å². The van der Waals surface area contributed by atoms with Crippen molar-refractivity contribution in [1.82, 2.24) is 15.5 Å². The van der Waals surface area contributed by atoms with Crippen LogP contribution in [0.1, 0.15) is 30.4 Å². The van der Waals surface area contributed by atoms with Crippen LogP contribution in [0.3, 0.4) is 0 Å². The van der Waals surface area contributed by atoms with Gasteiger partial charge in [0.05, 0.1) is 0 Å². The van der Waals surface area contributed by atoms with Gasteiger partial charge in [-0.25, -0.2) is 0 Å². The average Bonchev–Trinajstić information content (AvgIpc) is 2.89. The van der Waals surface area contributed by atoms with Crippen molar-refractivity contribution >= 4 is 29.9 Å². The number of benzene rings is 1. The van der Waals surface area contributed by atoms with Crippen molar-refractivity contribution in [2.45, 2.75) is 37.6 Å². The molecular formula is C19H31IN4. The van der Waals surface area contributed by atoms with Crippen LogP contribution in [-0.4, -0.2) is 50.6 Å². The Labute approximate surface area is 163 Å². The molecule has 1 aromatic carbocycles. The van der Waals surface area contributed by atoms with Crippen molar-refractivity contribution in [3.05, 3.63) is 35.4 Å². The molecule has 134 valence electrons. The van der Waals surface area contributed by atoms with E-state index in [0.717, 1.165) is 37.8 Å². The van der Waals surface area contributed by atoms with Gasteiger partial charge < -0.3 is 15.5 Å². The summed E-state index contributed by atoms with van der Waals surface area (Å²) >= 11 is 0. The van der Waals surface area contributed by atoms with E-state index in [4.69, 9.17) is 0 Å². The smallest absolute Gasteiger partial charge is 0.191 e. The predicted octanol–water partition coefficient (Wildman–Crippen LogP) is 2.67. The molecule has 0 spiro atoms. The Kier molecular flexibility index (Phi) is 6.92. The number of rotatable bonds is 5. The van der Waals surface area contributed by atoms with Crippen LogP contribution >= 0.6 is 24.0 Å². The molecule has 1 fully saturated rings. The van der Waals surface area contributed by atoms with E-state index >= 15 is 0 Å². The number of hydrogen-bond donors (Lipinski definition) is 2. The van der Waals surface area contributed by atoms with Gasteiger partial charge in [0.2, 0.25) is 0 Å². The highest BCUT2D eigenvalue weighted by Gasteiger charge is 2.39. The third-order valence-electron chi connectivity index (χ3n) is 5.70. The summed E-state index contributed by atoms with van der Waals surface area (Å²) in [6.07, 6.45) is 6.31. The Morgan fingerprint density at radius 2 is 1.79 bits per heavy atom. The maximum absolute atomic E-state index is 4.39. The number of halogens is 1. The van der Waals surface area contributed by atoms with Crippen molar-refractivity contribution in [2.75, 3.05) is 34.2 Å². The van der Waals surface area contributed by atoms with Crippen LogP contribution in [0.15, 0.2) is 29.3 Å². The van der Waals surface area contributed by atoms with Crippen LogP contribution in [0, 0.1) is 5.92 Å². The molecule has 5 heteroatoms. The van der Waals surface area contributed by atoms with Crippen molar-refractivity contribution in [1.29, 1.82) is 0 Å². The summed E-state index contributed by atoms with van der Waals surface area (Å²) in [6, 6.07) is 8.84. The Bertz CT molecular complexity index is 541. The van der Waals surface area contributed by atoms with Crippen molar-refractivity contribution in [2.24, 2.45) is 10.9 Å². The lowest BCUT2D eigenvalue weighted by Crippen LogP contribution is -2.55. The molecule has 0 bridgehead atoms. The summed E-state index contributed by atoms with van der Waals surface area (Å²) in [4.78, 5) is 6.77. The zero-order valence-corrected chi connectivity index (χ0v) is 17.5. The fraction of sp³-hybridized carbons (Fsp3) is 0.632. The van der Waals surface area contributed by atoms with Gasteiger partial charge >= 0.3 is 0 Å². The van der Waals surface area contributed by atoms with Crippen molar-refractivity contribution in [3.63, 3.8) is 0 Å². The van der Waals surface area contributed by atoms with E-state index in [-0.39, 0.29) is 29.5 Å². The number of nitrogens with one attached hydrogen (secondary N) is 2. The highest BCUT2D eigenvalue weighted by atomic mass is 127. The normalized spacial score (nSPS) is 19.4.